The number of phosphoric acid groups is 1. The van der Waals surface area contributed by atoms with Crippen molar-refractivity contribution in [3.63, 3.8) is 0 Å². The van der Waals surface area contributed by atoms with Crippen LogP contribution in [0.25, 0.3) is 0 Å². The van der Waals surface area contributed by atoms with E-state index >= 15 is 0 Å². The highest BCUT2D eigenvalue weighted by atomic mass is 31.2. The standard InChI is InChI=1S/C6H14N2O2.H3O4P/c7-4-2-1-3-5(8)6(9)10;1-5(2,3)4/h5H,1-4,7-8H2,(H,9,10);(H3,1,2,3,4)/p+1/t5-;/m0./s1. The maximum absolute atomic E-state index is 10.2. The lowest BCUT2D eigenvalue weighted by atomic mass is 10.1. The molecular weight excluding hydrogens is 227 g/mol. The molecule has 0 aromatic rings. The highest BCUT2D eigenvalue weighted by molar-refractivity contribution is 7.45. The zero-order chi connectivity index (χ0) is 12.5. The fourth-order valence-electron chi connectivity index (χ4n) is 0.665. The van der Waals surface area contributed by atoms with Gasteiger partial charge in [0.2, 0.25) is 0 Å². The Hall–Kier alpha value is -0.500. The van der Waals surface area contributed by atoms with Gasteiger partial charge in [0.05, 0.1) is 6.54 Å². The number of unbranched alkanes of at least 4 members (excludes halogenated alkanes) is 1. The molecule has 0 spiro atoms. The van der Waals surface area contributed by atoms with E-state index in [1.807, 2.05) is 0 Å². The molecule has 0 radical (unpaired) electrons. The second-order valence-corrected chi connectivity index (χ2v) is 3.83. The SMILES string of the molecule is N[C@@H](CCCC[NH3+])C(=O)O.O=P(O)(O)O. The van der Waals surface area contributed by atoms with Crippen LogP contribution in [0.15, 0.2) is 0 Å². The average molecular weight is 245 g/mol. The van der Waals surface area contributed by atoms with Gasteiger partial charge in [-0.05, 0) is 19.3 Å². The van der Waals surface area contributed by atoms with Gasteiger partial charge in [0.15, 0.2) is 0 Å². The van der Waals surface area contributed by atoms with E-state index in [4.69, 9.17) is 30.1 Å². The lowest BCUT2D eigenvalue weighted by Crippen LogP contribution is -2.50. The highest BCUT2D eigenvalue weighted by Gasteiger charge is 2.09. The van der Waals surface area contributed by atoms with Crippen LogP contribution in [0.2, 0.25) is 0 Å². The molecule has 0 saturated heterocycles. The van der Waals surface area contributed by atoms with Crippen LogP contribution in [0.5, 0.6) is 0 Å². The van der Waals surface area contributed by atoms with Crippen LogP contribution in [0.1, 0.15) is 19.3 Å². The molecule has 0 saturated carbocycles. The van der Waals surface area contributed by atoms with E-state index in [1.165, 1.54) is 0 Å². The number of carboxylic acids is 1. The van der Waals surface area contributed by atoms with Gasteiger partial charge in [-0.3, -0.25) is 4.79 Å². The molecule has 0 unspecified atom stereocenters. The molecule has 15 heavy (non-hydrogen) atoms. The maximum Gasteiger partial charge on any atom is 0.466 e. The topological polar surface area (TPSA) is 169 Å². The molecule has 0 heterocycles. The summed E-state index contributed by atoms with van der Waals surface area (Å²) in [5, 5.41) is 8.34. The van der Waals surface area contributed by atoms with Crippen LogP contribution in [-0.4, -0.2) is 38.3 Å². The highest BCUT2D eigenvalue weighted by Crippen LogP contribution is 2.25. The smallest absolute Gasteiger partial charge is 0.466 e. The average Bonchev–Trinajstić information content (AvgIpc) is 2.01. The Kier molecular flexibility index (Phi) is 9.90. The van der Waals surface area contributed by atoms with Gasteiger partial charge in [-0.2, -0.15) is 0 Å². The molecule has 8 nitrogen and oxygen atoms in total. The van der Waals surface area contributed by atoms with Crippen molar-refractivity contribution >= 4 is 13.8 Å². The first-order valence-corrected chi connectivity index (χ1v) is 5.81. The Morgan fingerprint density at radius 3 is 2.00 bits per heavy atom. The lowest BCUT2D eigenvalue weighted by Gasteiger charge is -2.02. The van der Waals surface area contributed by atoms with Gasteiger partial charge in [0.25, 0.3) is 0 Å². The summed E-state index contributed by atoms with van der Waals surface area (Å²) < 4.78 is 8.88. The van der Waals surface area contributed by atoms with Gasteiger partial charge in [0, 0.05) is 0 Å². The molecule has 9 N–H and O–H groups in total. The monoisotopic (exact) mass is 245 g/mol. The minimum Gasteiger partial charge on any atom is -0.480 e. The zero-order valence-electron chi connectivity index (χ0n) is 8.24. The Bertz CT molecular complexity index is 209. The molecule has 1 atom stereocenters. The summed E-state index contributed by atoms with van der Waals surface area (Å²) in [5.74, 6) is -0.913. The quantitative estimate of drug-likeness (QED) is 0.237. The molecule has 92 valence electrons. The zero-order valence-corrected chi connectivity index (χ0v) is 9.14. The van der Waals surface area contributed by atoms with Gasteiger partial charge in [-0.25, -0.2) is 4.57 Å². The van der Waals surface area contributed by atoms with E-state index in [2.05, 4.69) is 5.73 Å². The van der Waals surface area contributed by atoms with Gasteiger partial charge in [-0.1, -0.05) is 0 Å². The van der Waals surface area contributed by atoms with Crippen molar-refractivity contribution in [1.82, 2.24) is 0 Å². The van der Waals surface area contributed by atoms with Crippen molar-refractivity contribution in [2.24, 2.45) is 5.73 Å². The number of carboxylic acid groups (broad SMARTS) is 1. The van der Waals surface area contributed by atoms with E-state index in [1.54, 1.807) is 0 Å². The molecule has 9 heteroatoms. The number of carbonyl (C=O) groups is 1. The minimum absolute atomic E-state index is 0.560. The largest absolute Gasteiger partial charge is 0.480 e. The van der Waals surface area contributed by atoms with Crippen molar-refractivity contribution in [2.45, 2.75) is 25.3 Å². The van der Waals surface area contributed by atoms with Crippen molar-refractivity contribution < 1.29 is 34.9 Å². The lowest BCUT2D eigenvalue weighted by molar-refractivity contribution is -0.368. The van der Waals surface area contributed by atoms with Gasteiger partial charge < -0.3 is 31.3 Å². The normalized spacial score (nSPS) is 12.6. The van der Waals surface area contributed by atoms with Gasteiger partial charge >= 0.3 is 13.8 Å². The van der Waals surface area contributed by atoms with Gasteiger partial charge in [0.1, 0.15) is 6.04 Å². The van der Waals surface area contributed by atoms with E-state index in [9.17, 15) is 4.79 Å². The van der Waals surface area contributed by atoms with Crippen molar-refractivity contribution in [3.05, 3.63) is 0 Å². The predicted molar refractivity (Wildman–Crippen MR) is 51.5 cm³/mol. The first kappa shape index (κ1) is 16.9. The number of nitrogens with two attached hydrogens (primary N) is 1. The summed E-state index contributed by atoms with van der Waals surface area (Å²) >= 11 is 0. The van der Waals surface area contributed by atoms with Crippen molar-refractivity contribution in [1.29, 1.82) is 0 Å². The Balaban J connectivity index is 0. The summed E-state index contributed by atoms with van der Waals surface area (Å²) in [6, 6.07) is -0.688. The third-order valence-electron chi connectivity index (χ3n) is 1.33. The number of aliphatic carboxylic acids is 1. The summed E-state index contributed by atoms with van der Waals surface area (Å²) in [7, 11) is -4.64. The van der Waals surface area contributed by atoms with Crippen molar-refractivity contribution in [2.75, 3.05) is 6.54 Å². The third kappa shape index (κ3) is 24.7. The van der Waals surface area contributed by atoms with Crippen LogP contribution in [0, 0.1) is 0 Å². The van der Waals surface area contributed by atoms with Gasteiger partial charge in [-0.15, -0.1) is 0 Å². The van der Waals surface area contributed by atoms with E-state index < -0.39 is 19.8 Å². The molecule has 0 aliphatic rings. The summed E-state index contributed by atoms with van der Waals surface area (Å²) in [4.78, 5) is 31.7. The molecule has 0 bridgehead atoms. The maximum atomic E-state index is 10.2. The Morgan fingerprint density at radius 1 is 1.33 bits per heavy atom. The first-order chi connectivity index (χ1) is 6.68. The molecule has 0 aromatic carbocycles. The van der Waals surface area contributed by atoms with E-state index in [-0.39, 0.29) is 0 Å². The van der Waals surface area contributed by atoms with Crippen molar-refractivity contribution in [3.8, 4) is 0 Å². The third-order valence-corrected chi connectivity index (χ3v) is 1.33. The number of rotatable bonds is 5. The molecule has 0 aliphatic heterocycles. The van der Waals surface area contributed by atoms with Crippen LogP contribution in [-0.2, 0) is 9.36 Å². The van der Waals surface area contributed by atoms with E-state index in [0.717, 1.165) is 19.4 Å². The first-order valence-electron chi connectivity index (χ1n) is 4.24. The number of hydrogen-bond acceptors (Lipinski definition) is 3. The molecule has 0 rings (SSSR count). The van der Waals surface area contributed by atoms with Crippen LogP contribution in [0.3, 0.4) is 0 Å². The second-order valence-electron chi connectivity index (χ2n) is 2.81. The Morgan fingerprint density at radius 2 is 1.73 bits per heavy atom. The molecule has 0 amide bonds. The minimum atomic E-state index is -4.64. The molecular formula is C6H18N2O6P+. The molecule has 0 aromatic heterocycles. The number of hydrogen-bond donors (Lipinski definition) is 6. The summed E-state index contributed by atoms with van der Waals surface area (Å²) in [6.45, 7) is 0.854. The van der Waals surface area contributed by atoms with E-state index in [0.29, 0.717) is 6.42 Å². The fraction of sp³-hybridized carbons (Fsp3) is 0.833. The van der Waals surface area contributed by atoms with Crippen LogP contribution >= 0.6 is 7.82 Å². The Labute approximate surface area is 87.1 Å². The summed E-state index contributed by atoms with van der Waals surface area (Å²) in [6.07, 6.45) is 2.38. The molecule has 0 aliphatic carbocycles. The second kappa shape index (κ2) is 8.78. The molecule has 0 fully saturated rings. The van der Waals surface area contributed by atoms with Crippen LogP contribution < -0.4 is 11.5 Å². The van der Waals surface area contributed by atoms with Crippen LogP contribution in [0.4, 0.5) is 0 Å². The summed E-state index contributed by atoms with van der Waals surface area (Å²) in [5.41, 5.74) is 8.88. The fourth-order valence-corrected chi connectivity index (χ4v) is 0.665. The predicted octanol–water partition coefficient (Wildman–Crippen LogP) is -2.12. The number of quaternary nitrogens is 1.